The van der Waals surface area contributed by atoms with Crippen LogP contribution in [0.1, 0.15) is 49.9 Å². The van der Waals surface area contributed by atoms with E-state index in [0.29, 0.717) is 44.3 Å². The number of phenols is 2. The number of phenolic OH excluding ortho intramolecular Hbond substituents is 2. The predicted molar refractivity (Wildman–Crippen MR) is 118 cm³/mol. The summed E-state index contributed by atoms with van der Waals surface area (Å²) in [5.41, 5.74) is 1.28. The lowest BCUT2D eigenvalue weighted by Gasteiger charge is -2.32. The monoisotopic (exact) mass is 464 g/mol. The zero-order valence-corrected chi connectivity index (χ0v) is 18.7. The minimum absolute atomic E-state index is 0.00763. The summed E-state index contributed by atoms with van der Waals surface area (Å²) >= 11 is 25.8. The van der Waals surface area contributed by atoms with Crippen LogP contribution in [0.5, 0.6) is 11.5 Å². The SMILES string of the molecule is CCCN[C@H](c1c(Cl)cc(O)cc1Cl)[C@@H](NCCC)c1c(Cl)cc(O)cc1Cl. The summed E-state index contributed by atoms with van der Waals surface area (Å²) in [4.78, 5) is 0. The van der Waals surface area contributed by atoms with E-state index >= 15 is 0 Å². The first-order valence-corrected chi connectivity index (χ1v) is 10.6. The molecule has 2 aromatic rings. The second-order valence-corrected chi connectivity index (χ2v) is 8.14. The molecular formula is C20H24Cl4N2O2. The van der Waals surface area contributed by atoms with Crippen LogP contribution in [0.4, 0.5) is 0 Å². The van der Waals surface area contributed by atoms with Gasteiger partial charge in [-0.1, -0.05) is 60.3 Å². The van der Waals surface area contributed by atoms with Crippen molar-refractivity contribution in [3.05, 3.63) is 55.5 Å². The summed E-state index contributed by atoms with van der Waals surface area (Å²) in [6.07, 6.45) is 1.78. The second-order valence-electron chi connectivity index (χ2n) is 6.51. The Morgan fingerprint density at radius 1 is 0.679 bits per heavy atom. The van der Waals surface area contributed by atoms with Gasteiger partial charge in [-0.05, 0) is 50.2 Å². The molecule has 0 aromatic heterocycles. The molecule has 4 N–H and O–H groups in total. The molecule has 0 spiro atoms. The topological polar surface area (TPSA) is 64.5 Å². The first-order valence-electron chi connectivity index (χ1n) is 9.12. The third kappa shape index (κ3) is 5.59. The summed E-state index contributed by atoms with van der Waals surface area (Å²) < 4.78 is 0. The van der Waals surface area contributed by atoms with E-state index in [9.17, 15) is 10.2 Å². The second kappa shape index (κ2) is 10.8. The fourth-order valence-electron chi connectivity index (χ4n) is 3.11. The van der Waals surface area contributed by atoms with Crippen LogP contribution in [0.25, 0.3) is 0 Å². The van der Waals surface area contributed by atoms with Gasteiger partial charge >= 0.3 is 0 Å². The lowest BCUT2D eigenvalue weighted by atomic mass is 9.92. The maximum absolute atomic E-state index is 9.82. The Labute approximate surface area is 185 Å². The normalized spacial score (nSPS) is 13.5. The van der Waals surface area contributed by atoms with Crippen LogP contribution in [-0.2, 0) is 0 Å². The molecule has 0 amide bonds. The van der Waals surface area contributed by atoms with Crippen LogP contribution in [0, 0.1) is 0 Å². The number of halogens is 4. The third-order valence-corrected chi connectivity index (χ3v) is 5.56. The van der Waals surface area contributed by atoms with E-state index in [-0.39, 0.29) is 23.6 Å². The Kier molecular flexibility index (Phi) is 9.00. The number of hydrogen-bond donors (Lipinski definition) is 4. The fourth-order valence-corrected chi connectivity index (χ4v) is 4.53. The molecule has 0 saturated heterocycles. The van der Waals surface area contributed by atoms with Crippen molar-refractivity contribution < 1.29 is 10.2 Å². The molecule has 0 aliphatic heterocycles. The first kappa shape index (κ1) is 23.4. The molecule has 8 heteroatoms. The lowest BCUT2D eigenvalue weighted by Crippen LogP contribution is -2.37. The zero-order chi connectivity index (χ0) is 20.8. The fraction of sp³-hybridized carbons (Fsp3) is 0.400. The van der Waals surface area contributed by atoms with Gasteiger partial charge in [0.2, 0.25) is 0 Å². The molecule has 2 atom stereocenters. The minimum atomic E-state index is -0.369. The number of benzene rings is 2. The number of aromatic hydroxyl groups is 2. The van der Waals surface area contributed by atoms with Crippen LogP contribution in [-0.4, -0.2) is 23.3 Å². The molecule has 2 aromatic carbocycles. The quantitative estimate of drug-likeness (QED) is 0.341. The average molecular weight is 466 g/mol. The van der Waals surface area contributed by atoms with Crippen molar-refractivity contribution in [1.29, 1.82) is 0 Å². The summed E-state index contributed by atoms with van der Waals surface area (Å²) in [7, 11) is 0. The Bertz CT molecular complexity index is 703. The van der Waals surface area contributed by atoms with E-state index < -0.39 is 0 Å². The van der Waals surface area contributed by atoms with Gasteiger partial charge in [0.05, 0.1) is 32.2 Å². The standard InChI is InChI=1S/C20H24Cl4N2O2/c1-3-5-25-19(17-13(21)7-11(27)8-14(17)22)20(26-6-4-2)18-15(23)9-12(28)10-16(18)24/h7-10,19-20,25-28H,3-6H2,1-2H3/t19-,20+. The molecule has 2 rings (SSSR count). The Hall–Kier alpha value is -0.880. The molecule has 0 aliphatic rings. The van der Waals surface area contributed by atoms with Gasteiger partial charge in [0.15, 0.2) is 0 Å². The van der Waals surface area contributed by atoms with Crippen LogP contribution in [0.15, 0.2) is 24.3 Å². The predicted octanol–water partition coefficient (Wildman–Crippen LogP) is 6.49. The highest BCUT2D eigenvalue weighted by Gasteiger charge is 2.31. The molecule has 154 valence electrons. The molecule has 0 radical (unpaired) electrons. The molecular weight excluding hydrogens is 442 g/mol. The summed E-state index contributed by atoms with van der Waals surface area (Å²) in [5.74, 6) is -0.0153. The van der Waals surface area contributed by atoms with E-state index in [2.05, 4.69) is 24.5 Å². The maximum Gasteiger partial charge on any atom is 0.118 e. The van der Waals surface area contributed by atoms with Gasteiger partial charge in [-0.2, -0.15) is 0 Å². The highest BCUT2D eigenvalue weighted by molar-refractivity contribution is 6.37. The van der Waals surface area contributed by atoms with Crippen molar-refractivity contribution in [3.63, 3.8) is 0 Å². The van der Waals surface area contributed by atoms with Gasteiger partial charge in [0.1, 0.15) is 11.5 Å². The molecule has 0 unspecified atom stereocenters. The smallest absolute Gasteiger partial charge is 0.118 e. The Balaban J connectivity index is 2.65. The molecule has 0 aliphatic carbocycles. The number of hydrogen-bond acceptors (Lipinski definition) is 4. The van der Waals surface area contributed by atoms with Gasteiger partial charge in [-0.15, -0.1) is 0 Å². The first-order chi connectivity index (χ1) is 13.3. The minimum Gasteiger partial charge on any atom is -0.508 e. The van der Waals surface area contributed by atoms with Gasteiger partial charge in [0, 0.05) is 11.1 Å². The van der Waals surface area contributed by atoms with Gasteiger partial charge < -0.3 is 20.8 Å². The highest BCUT2D eigenvalue weighted by Crippen LogP contribution is 2.44. The maximum atomic E-state index is 9.82. The molecule has 28 heavy (non-hydrogen) atoms. The summed E-state index contributed by atoms with van der Waals surface area (Å²) in [6, 6.07) is 5.10. The molecule has 0 heterocycles. The van der Waals surface area contributed by atoms with Crippen molar-refractivity contribution in [3.8, 4) is 11.5 Å². The lowest BCUT2D eigenvalue weighted by molar-refractivity contribution is 0.384. The molecule has 4 nitrogen and oxygen atoms in total. The van der Waals surface area contributed by atoms with E-state index in [1.165, 1.54) is 24.3 Å². The van der Waals surface area contributed by atoms with Gasteiger partial charge in [-0.3, -0.25) is 0 Å². The zero-order valence-electron chi connectivity index (χ0n) is 15.7. The molecule has 0 saturated carbocycles. The highest BCUT2D eigenvalue weighted by atomic mass is 35.5. The van der Waals surface area contributed by atoms with Crippen molar-refractivity contribution >= 4 is 46.4 Å². The molecule has 0 bridgehead atoms. The Morgan fingerprint density at radius 3 is 1.21 bits per heavy atom. The van der Waals surface area contributed by atoms with E-state index in [1.807, 2.05) is 0 Å². The van der Waals surface area contributed by atoms with Crippen LogP contribution in [0.2, 0.25) is 20.1 Å². The largest absolute Gasteiger partial charge is 0.508 e. The van der Waals surface area contributed by atoms with Crippen molar-refractivity contribution in [2.24, 2.45) is 0 Å². The van der Waals surface area contributed by atoms with Gasteiger partial charge in [0.25, 0.3) is 0 Å². The summed E-state index contributed by atoms with van der Waals surface area (Å²) in [5, 5.41) is 27.9. The van der Waals surface area contributed by atoms with Crippen molar-refractivity contribution in [2.45, 2.75) is 38.8 Å². The van der Waals surface area contributed by atoms with E-state index in [4.69, 9.17) is 46.4 Å². The number of nitrogens with one attached hydrogen (secondary N) is 2. The van der Waals surface area contributed by atoms with E-state index in [1.54, 1.807) is 0 Å². The third-order valence-electron chi connectivity index (χ3n) is 4.31. The van der Waals surface area contributed by atoms with Crippen LogP contribution >= 0.6 is 46.4 Å². The average Bonchev–Trinajstić information content (AvgIpc) is 2.59. The number of rotatable bonds is 9. The van der Waals surface area contributed by atoms with Gasteiger partial charge in [-0.25, -0.2) is 0 Å². The van der Waals surface area contributed by atoms with E-state index in [0.717, 1.165) is 12.8 Å². The summed E-state index contributed by atoms with van der Waals surface area (Å²) in [6.45, 7) is 5.52. The van der Waals surface area contributed by atoms with Crippen LogP contribution < -0.4 is 10.6 Å². The van der Waals surface area contributed by atoms with Crippen LogP contribution in [0.3, 0.4) is 0 Å². The molecule has 0 fully saturated rings. The van der Waals surface area contributed by atoms with Crippen molar-refractivity contribution in [2.75, 3.05) is 13.1 Å². The van der Waals surface area contributed by atoms with Crippen molar-refractivity contribution in [1.82, 2.24) is 10.6 Å². The Morgan fingerprint density at radius 2 is 0.964 bits per heavy atom.